The maximum absolute atomic E-state index is 16.0. The first-order valence-corrected chi connectivity index (χ1v) is 18.2. The summed E-state index contributed by atoms with van der Waals surface area (Å²) in [6.07, 6.45) is -9.61. The van der Waals surface area contributed by atoms with Crippen LogP contribution in [-0.4, -0.2) is 82.6 Å². The van der Waals surface area contributed by atoms with E-state index in [-0.39, 0.29) is 44.8 Å². The molecular formula is C20H20F2N10O8P2S2. The van der Waals surface area contributed by atoms with Gasteiger partial charge in [0.1, 0.15) is 42.0 Å². The Hall–Kier alpha value is -2.87. The molecule has 7 rings (SSSR count). The van der Waals surface area contributed by atoms with Crippen molar-refractivity contribution in [3.05, 3.63) is 25.3 Å². The molecule has 3 saturated heterocycles. The van der Waals surface area contributed by atoms with Crippen LogP contribution >= 0.6 is 36.6 Å². The SMILES string of the molecule is C#S[P@]1(=O)OC[C@H]2O[C@@H](n3cnc4c(N)ncnc43)[C@H](O[P@](=O)(S)OC3O[C@@H](n4cnc5c(N)ncnc54)[C@H](O1)[C@@H]3F)[C@@H]2F. The molecule has 0 radical (unpaired) electrons. The summed E-state index contributed by atoms with van der Waals surface area (Å²) in [6, 6.07) is 0. The van der Waals surface area contributed by atoms with E-state index in [0.29, 0.717) is 0 Å². The number of hydrogen-bond donors (Lipinski definition) is 3. The Morgan fingerprint density at radius 3 is 2.02 bits per heavy atom. The lowest BCUT2D eigenvalue weighted by molar-refractivity contribution is -0.121. The molecule has 10 atom stereocenters. The molecule has 4 N–H and O–H groups in total. The predicted molar refractivity (Wildman–Crippen MR) is 151 cm³/mol. The number of nitrogen functional groups attached to an aromatic ring is 2. The van der Waals surface area contributed by atoms with Gasteiger partial charge in [0.2, 0.25) is 6.29 Å². The van der Waals surface area contributed by atoms with E-state index in [1.54, 1.807) is 0 Å². The van der Waals surface area contributed by atoms with Crippen molar-refractivity contribution in [3.63, 3.8) is 0 Å². The van der Waals surface area contributed by atoms with Crippen molar-refractivity contribution in [2.45, 2.75) is 49.4 Å². The van der Waals surface area contributed by atoms with Gasteiger partial charge in [-0.15, -0.1) is 0 Å². The summed E-state index contributed by atoms with van der Waals surface area (Å²) >= 11 is 3.97. The summed E-state index contributed by atoms with van der Waals surface area (Å²) in [6.45, 7) is -9.87. The summed E-state index contributed by atoms with van der Waals surface area (Å²) < 4.78 is 95.1. The second-order valence-corrected chi connectivity index (χ2v) is 16.0. The van der Waals surface area contributed by atoms with Gasteiger partial charge >= 0.3 is 13.6 Å². The van der Waals surface area contributed by atoms with Gasteiger partial charge in [-0.2, -0.15) is 0 Å². The highest BCUT2D eigenvalue weighted by Gasteiger charge is 2.56. The Bertz CT molecular complexity index is 1910. The zero-order chi connectivity index (χ0) is 31.0. The van der Waals surface area contributed by atoms with E-state index in [1.165, 1.54) is 21.8 Å². The van der Waals surface area contributed by atoms with E-state index in [1.807, 2.05) is 0 Å². The number of alkyl halides is 2. The highest BCUT2D eigenvalue weighted by Crippen LogP contribution is 2.63. The maximum atomic E-state index is 16.0. The van der Waals surface area contributed by atoms with Crippen molar-refractivity contribution in [1.29, 1.82) is 0 Å². The molecule has 0 aromatic carbocycles. The van der Waals surface area contributed by atoms with E-state index in [4.69, 9.17) is 44.7 Å². The molecule has 44 heavy (non-hydrogen) atoms. The van der Waals surface area contributed by atoms with Crippen molar-refractivity contribution in [2.75, 3.05) is 18.1 Å². The Kier molecular flexibility index (Phi) is 7.38. The molecule has 0 aliphatic carbocycles. The highest BCUT2D eigenvalue weighted by atomic mass is 32.7. The molecule has 4 aromatic rings. The fourth-order valence-electron chi connectivity index (χ4n) is 5.01. The molecule has 0 spiro atoms. The van der Waals surface area contributed by atoms with Crippen molar-refractivity contribution in [3.8, 4) is 5.69 Å². The van der Waals surface area contributed by atoms with Crippen molar-refractivity contribution in [2.24, 2.45) is 0 Å². The second-order valence-electron chi connectivity index (χ2n) is 9.58. The number of fused-ring (bicyclic) bond motifs is 6. The molecule has 3 aliphatic heterocycles. The van der Waals surface area contributed by atoms with E-state index >= 15 is 8.78 Å². The average molecular weight is 693 g/mol. The number of nitrogens with zero attached hydrogens (tertiary/aromatic N) is 8. The van der Waals surface area contributed by atoms with Crippen LogP contribution in [0.2, 0.25) is 0 Å². The molecule has 7 heterocycles. The lowest BCUT2D eigenvalue weighted by Crippen LogP contribution is -2.32. The first-order chi connectivity index (χ1) is 21.0. The molecule has 0 amide bonds. The van der Waals surface area contributed by atoms with Crippen LogP contribution in [0.25, 0.3) is 22.3 Å². The minimum Gasteiger partial charge on any atom is -0.382 e. The third-order valence-corrected chi connectivity index (χ3v) is 11.1. The van der Waals surface area contributed by atoms with Crippen LogP contribution in [0, 0.1) is 5.69 Å². The van der Waals surface area contributed by atoms with Crippen LogP contribution in [0.5, 0.6) is 0 Å². The van der Waals surface area contributed by atoms with Gasteiger partial charge in [-0.1, -0.05) is 17.9 Å². The number of aromatic nitrogens is 8. The lowest BCUT2D eigenvalue weighted by atomic mass is 10.1. The zero-order valence-electron chi connectivity index (χ0n) is 21.7. The third-order valence-electron chi connectivity index (χ3n) is 6.98. The molecule has 4 bridgehead atoms. The monoisotopic (exact) mass is 692 g/mol. The molecule has 4 aromatic heterocycles. The van der Waals surface area contributed by atoms with Gasteiger partial charge in [-0.05, 0) is 10.8 Å². The fraction of sp³-hybridized carbons (Fsp3) is 0.450. The second kappa shape index (κ2) is 10.9. The number of thiol groups is 1. The Morgan fingerprint density at radius 1 is 0.864 bits per heavy atom. The van der Waals surface area contributed by atoms with Gasteiger partial charge in [0.25, 0.3) is 0 Å². The summed E-state index contributed by atoms with van der Waals surface area (Å²) in [4.78, 5) is 24.2. The van der Waals surface area contributed by atoms with Gasteiger partial charge in [0.05, 0.1) is 19.3 Å². The maximum Gasteiger partial charge on any atom is 0.418 e. The van der Waals surface area contributed by atoms with E-state index in [2.05, 4.69) is 42.2 Å². The molecule has 3 aliphatic rings. The average Bonchev–Trinajstić information content (AvgIpc) is 3.74. The smallest absolute Gasteiger partial charge is 0.382 e. The lowest BCUT2D eigenvalue weighted by Gasteiger charge is -2.25. The molecule has 0 saturated carbocycles. The highest BCUT2D eigenvalue weighted by molar-refractivity contribution is 8.48. The fourth-order valence-corrected chi connectivity index (χ4v) is 8.45. The molecule has 3 fully saturated rings. The normalized spacial score (nSPS) is 37.9. The summed E-state index contributed by atoms with van der Waals surface area (Å²) in [5.41, 5.74) is 17.9. The van der Waals surface area contributed by atoms with Crippen LogP contribution in [0.15, 0.2) is 25.3 Å². The largest absolute Gasteiger partial charge is 0.418 e. The van der Waals surface area contributed by atoms with Gasteiger partial charge in [-0.25, -0.2) is 47.8 Å². The van der Waals surface area contributed by atoms with Crippen molar-refractivity contribution >= 4 is 70.6 Å². The molecule has 1 unspecified atom stereocenters. The van der Waals surface area contributed by atoms with Crippen LogP contribution in [0.1, 0.15) is 12.5 Å². The topological polar surface area (TPSA) is 229 Å². The molecule has 18 nitrogen and oxygen atoms in total. The quantitative estimate of drug-likeness (QED) is 0.202. The first-order valence-electron chi connectivity index (χ1n) is 12.4. The number of rotatable bonds is 2. The summed E-state index contributed by atoms with van der Waals surface area (Å²) in [7, 11) is 0.131. The number of anilines is 2. The number of nitrogens with two attached hydrogens (primary N) is 2. The predicted octanol–water partition coefficient (Wildman–Crippen LogP) is 2.54. The van der Waals surface area contributed by atoms with Gasteiger partial charge < -0.3 is 20.9 Å². The minimum absolute atomic E-state index is 0.0151. The third kappa shape index (κ3) is 4.96. The van der Waals surface area contributed by atoms with E-state index in [9.17, 15) is 9.13 Å². The number of imidazole rings is 2. The first kappa shape index (κ1) is 29.8. The molecule has 234 valence electrons. The van der Waals surface area contributed by atoms with E-state index in [0.717, 1.165) is 12.7 Å². The Balaban J connectivity index is 1.27. The number of ether oxygens (including phenoxy) is 2. The number of hydrogen-bond acceptors (Lipinski definition) is 16. The van der Waals surface area contributed by atoms with Gasteiger partial charge in [-0.3, -0.25) is 27.2 Å². The van der Waals surface area contributed by atoms with Crippen molar-refractivity contribution in [1.82, 2.24) is 39.0 Å². The van der Waals surface area contributed by atoms with E-state index < -0.39 is 69.6 Å². The minimum atomic E-state index is -4.67. The zero-order valence-corrected chi connectivity index (χ0v) is 25.2. The Morgan fingerprint density at radius 2 is 1.43 bits per heavy atom. The van der Waals surface area contributed by atoms with Crippen LogP contribution in [0.4, 0.5) is 20.4 Å². The Labute approximate surface area is 253 Å². The molecule has 24 heteroatoms. The van der Waals surface area contributed by atoms with Crippen molar-refractivity contribution < 1.29 is 45.5 Å². The van der Waals surface area contributed by atoms with Crippen LogP contribution in [0.3, 0.4) is 0 Å². The summed E-state index contributed by atoms with van der Waals surface area (Å²) in [5.74, 6) is 0.0435. The van der Waals surface area contributed by atoms with Gasteiger partial charge in [0.15, 0.2) is 47.7 Å². The summed E-state index contributed by atoms with van der Waals surface area (Å²) in [5, 5.41) is 0. The standard InChI is InChI=1S/C20H20F2N10O8P2S2/c1-44-42(34)35-2-7-8(21)12(18(36-7)31-5-29-10-14(23)25-3-27-16(10)31)38-41(33,43)40-20-9(22)13(39-42)19(37-20)32-6-30-11-15(24)26-4-28-17(11)32/h1,3-9,12-13,18-20H,2H2,(H,33,43)(H2,23,25,27)(H2,24,26,28)/t7-,8-,9+,12-,13-,18-,19-,20?,41+,42-/m1/s1. The molecular weight excluding hydrogens is 672 g/mol. The van der Waals surface area contributed by atoms with Gasteiger partial charge in [0, 0.05) is 0 Å². The van der Waals surface area contributed by atoms with Crippen LogP contribution < -0.4 is 11.5 Å². The van der Waals surface area contributed by atoms with Crippen LogP contribution in [-0.2, 0) is 36.7 Å². The number of halogens is 2.